The van der Waals surface area contributed by atoms with E-state index in [1.165, 1.54) is 18.4 Å². The maximum atomic E-state index is 12.4. The summed E-state index contributed by atoms with van der Waals surface area (Å²) in [6.07, 6.45) is 3.66. The molecule has 11 heteroatoms. The van der Waals surface area contributed by atoms with Gasteiger partial charge in [0, 0.05) is 17.3 Å². The number of thiazole rings is 1. The maximum absolute atomic E-state index is 12.4. The number of aromatic nitrogens is 1. The van der Waals surface area contributed by atoms with Crippen molar-refractivity contribution in [3.8, 4) is 0 Å². The number of thioether (sulfide) groups is 1. The number of rotatable bonds is 4. The smallest absolute Gasteiger partial charge is 1.00 e. The minimum atomic E-state index is -0.569. The Morgan fingerprint density at radius 1 is 1.65 bits per heavy atom. The fourth-order valence-electron chi connectivity index (χ4n) is 2.17. The number of oxime groups is 1. The van der Waals surface area contributed by atoms with Gasteiger partial charge in [0.05, 0.1) is 0 Å². The number of fused-ring (bicyclic) bond motifs is 1. The quantitative estimate of drug-likeness (QED) is 0.257. The van der Waals surface area contributed by atoms with Crippen molar-refractivity contribution in [2.24, 2.45) is 5.16 Å². The summed E-state index contributed by atoms with van der Waals surface area (Å²) in [5, 5.41) is 8.24. The van der Waals surface area contributed by atoms with Crippen molar-refractivity contribution >= 4 is 45.8 Å². The van der Waals surface area contributed by atoms with E-state index in [1.807, 2.05) is 6.08 Å². The summed E-state index contributed by atoms with van der Waals surface area (Å²) in [6.45, 7) is 0. The van der Waals surface area contributed by atoms with Crippen LogP contribution in [0.1, 0.15) is 7.12 Å². The van der Waals surface area contributed by atoms with Crippen molar-refractivity contribution in [1.29, 1.82) is 0 Å². The molecular weight excluding hydrogens is 349 g/mol. The molecule has 0 radical (unpaired) electrons. The van der Waals surface area contributed by atoms with Crippen LogP contribution in [0.5, 0.6) is 0 Å². The number of hydrogen-bond acceptors (Lipinski definition) is 8. The molecule has 118 valence electrons. The Bertz CT molecular complexity index is 683. The number of anilines is 1. The van der Waals surface area contributed by atoms with Crippen LogP contribution in [0.4, 0.5) is 5.13 Å². The first kappa shape index (κ1) is 18.3. The van der Waals surface area contributed by atoms with Gasteiger partial charge < -0.3 is 22.2 Å². The first-order valence-electron chi connectivity index (χ1n) is 6.35. The number of hydrogen-bond donors (Lipinski definition) is 2. The molecule has 1 aromatic heterocycles. The molecule has 3 rings (SSSR count). The van der Waals surface area contributed by atoms with E-state index in [1.54, 1.807) is 28.2 Å². The number of β-lactam (4-membered cyclic amide) rings is 1. The minimum Gasteiger partial charge on any atom is -1.00 e. The van der Waals surface area contributed by atoms with E-state index in [2.05, 4.69) is 15.5 Å². The number of carbonyl (C=O) groups is 2. The van der Waals surface area contributed by atoms with Crippen LogP contribution in [0.2, 0.25) is 0 Å². The third kappa shape index (κ3) is 3.56. The van der Waals surface area contributed by atoms with E-state index in [4.69, 9.17) is 10.6 Å². The largest absolute Gasteiger partial charge is 1.00 e. The molecule has 2 aliphatic heterocycles. The van der Waals surface area contributed by atoms with Crippen molar-refractivity contribution in [3.63, 3.8) is 0 Å². The van der Waals surface area contributed by atoms with Gasteiger partial charge in [-0.15, -0.1) is 23.1 Å². The first-order chi connectivity index (χ1) is 10.6. The summed E-state index contributed by atoms with van der Waals surface area (Å²) in [5.74, 6) is 0.152. The molecule has 2 atom stereocenters. The topological polar surface area (TPSA) is 110 Å². The summed E-state index contributed by atoms with van der Waals surface area (Å²) in [5.41, 5.74) is 5.89. The second-order valence-corrected chi connectivity index (χ2v) is 6.54. The summed E-state index contributed by atoms with van der Waals surface area (Å²) in [7, 11) is 1.33. The molecule has 1 saturated heterocycles. The van der Waals surface area contributed by atoms with Crippen molar-refractivity contribution in [2.75, 3.05) is 18.6 Å². The summed E-state index contributed by atoms with van der Waals surface area (Å²) < 4.78 is 0. The third-order valence-electron chi connectivity index (χ3n) is 3.16. The molecule has 3 N–H and O–H groups in total. The standard InChI is InChI=1S/C12H13N5O3S2.Na.H/c1-20-16-7(6-5-22-12(13)14-6)9(18)15-8-10(19)17-3-2-4-21-11(8)17;;/h2-3,5,8,11H,4H2,1H3,(H2,13,14)(H,15,18);;/q;+1;-1/t8?,11-;;/m1../s1. The van der Waals surface area contributed by atoms with Crippen molar-refractivity contribution in [2.45, 2.75) is 11.4 Å². The Balaban J connectivity index is 0.00000144. The van der Waals surface area contributed by atoms with Crippen LogP contribution >= 0.6 is 23.1 Å². The third-order valence-corrected chi connectivity index (χ3v) is 5.06. The number of carbonyl (C=O) groups excluding carboxylic acids is 2. The van der Waals surface area contributed by atoms with Crippen LogP contribution in [0.3, 0.4) is 0 Å². The van der Waals surface area contributed by atoms with Gasteiger partial charge in [-0.05, 0) is 0 Å². The zero-order chi connectivity index (χ0) is 15.7. The van der Waals surface area contributed by atoms with Gasteiger partial charge in [-0.1, -0.05) is 11.2 Å². The fraction of sp³-hybridized carbons (Fsp3) is 0.333. The molecule has 0 aromatic carbocycles. The maximum Gasteiger partial charge on any atom is 1.00 e. The average molecular weight is 363 g/mol. The Morgan fingerprint density at radius 2 is 2.43 bits per heavy atom. The van der Waals surface area contributed by atoms with Gasteiger partial charge in [-0.25, -0.2) is 4.98 Å². The predicted molar refractivity (Wildman–Crippen MR) is 85.3 cm³/mol. The Hall–Kier alpha value is -1.07. The molecule has 0 spiro atoms. The van der Waals surface area contributed by atoms with Gasteiger partial charge in [0.15, 0.2) is 10.8 Å². The molecule has 0 aliphatic carbocycles. The van der Waals surface area contributed by atoms with E-state index in [-0.39, 0.29) is 48.0 Å². The second kappa shape index (κ2) is 7.67. The van der Waals surface area contributed by atoms with E-state index >= 15 is 0 Å². The van der Waals surface area contributed by atoms with E-state index in [0.717, 1.165) is 5.75 Å². The molecule has 1 aromatic rings. The number of nitrogens with two attached hydrogens (primary N) is 1. The molecule has 1 unspecified atom stereocenters. The van der Waals surface area contributed by atoms with Gasteiger partial charge in [-0.2, -0.15) is 0 Å². The average Bonchev–Trinajstić information content (AvgIpc) is 2.95. The van der Waals surface area contributed by atoms with Gasteiger partial charge in [0.25, 0.3) is 11.8 Å². The monoisotopic (exact) mass is 363 g/mol. The molecular formula is C12H14N5NaO3S2. The molecule has 0 saturated carbocycles. The zero-order valence-electron chi connectivity index (χ0n) is 13.6. The van der Waals surface area contributed by atoms with Crippen LogP contribution in [-0.4, -0.2) is 51.7 Å². The minimum absolute atomic E-state index is 0. The number of amides is 2. The molecule has 2 aliphatic rings. The second-order valence-electron chi connectivity index (χ2n) is 4.50. The van der Waals surface area contributed by atoms with E-state index in [9.17, 15) is 9.59 Å². The van der Waals surface area contributed by atoms with Gasteiger partial charge >= 0.3 is 29.6 Å². The molecule has 8 nitrogen and oxygen atoms in total. The van der Waals surface area contributed by atoms with Crippen LogP contribution in [-0.2, 0) is 14.4 Å². The normalized spacial score (nSPS) is 22.7. The van der Waals surface area contributed by atoms with E-state index in [0.29, 0.717) is 10.8 Å². The summed E-state index contributed by atoms with van der Waals surface area (Å²) in [4.78, 5) is 34.7. The van der Waals surface area contributed by atoms with Crippen molar-refractivity contribution in [1.82, 2.24) is 15.2 Å². The van der Waals surface area contributed by atoms with Gasteiger partial charge in [0.1, 0.15) is 24.2 Å². The molecule has 23 heavy (non-hydrogen) atoms. The molecule has 0 bridgehead atoms. The zero-order valence-corrected chi connectivity index (χ0v) is 16.2. The number of nitrogens with one attached hydrogen (secondary N) is 1. The van der Waals surface area contributed by atoms with Crippen LogP contribution in [0.25, 0.3) is 0 Å². The number of nitrogen functional groups attached to an aromatic ring is 1. The molecule has 2 amide bonds. The Labute approximate surface area is 164 Å². The Kier molecular flexibility index (Phi) is 6.09. The van der Waals surface area contributed by atoms with Crippen molar-refractivity contribution in [3.05, 3.63) is 23.3 Å². The first-order valence-corrected chi connectivity index (χ1v) is 8.28. The Morgan fingerprint density at radius 3 is 3.09 bits per heavy atom. The van der Waals surface area contributed by atoms with Crippen LogP contribution in [0, 0.1) is 0 Å². The van der Waals surface area contributed by atoms with Crippen LogP contribution < -0.4 is 40.6 Å². The van der Waals surface area contributed by atoms with E-state index < -0.39 is 11.9 Å². The number of nitrogens with zero attached hydrogens (tertiary/aromatic N) is 3. The fourth-order valence-corrected chi connectivity index (χ4v) is 3.82. The van der Waals surface area contributed by atoms with Gasteiger partial charge in [-0.3, -0.25) is 9.59 Å². The SMILES string of the molecule is CON=C(C(=O)NC1C(=O)N2C=CCS[C@H]12)c1csc(N)n1.[H-].[Na+]. The molecule has 1 fully saturated rings. The van der Waals surface area contributed by atoms with Crippen molar-refractivity contribution < 1.29 is 45.4 Å². The van der Waals surface area contributed by atoms with Crippen LogP contribution in [0.15, 0.2) is 22.8 Å². The predicted octanol–water partition coefficient (Wildman–Crippen LogP) is -2.89. The summed E-state index contributed by atoms with van der Waals surface area (Å²) >= 11 is 2.79. The summed E-state index contributed by atoms with van der Waals surface area (Å²) in [6, 6.07) is -0.569. The molecule has 3 heterocycles. The van der Waals surface area contributed by atoms with Gasteiger partial charge in [0.2, 0.25) is 0 Å².